The standard InChI is InChI=1S/C15H32O5/c1-6-11-12-13-20-15(18-9-4,19-10-5)14(16-7-2)17-8-3/h14H,6-13H2,1-5H3. The Hall–Kier alpha value is -0.200. The lowest BCUT2D eigenvalue weighted by molar-refractivity contribution is -0.454. The zero-order valence-corrected chi connectivity index (χ0v) is 13.8. The van der Waals surface area contributed by atoms with E-state index in [-0.39, 0.29) is 0 Å². The van der Waals surface area contributed by atoms with Crippen LogP contribution in [0.5, 0.6) is 0 Å². The van der Waals surface area contributed by atoms with Gasteiger partial charge in [-0.25, -0.2) is 0 Å². The Kier molecular flexibility index (Phi) is 12.4. The molecule has 0 aromatic heterocycles. The molecule has 0 spiro atoms. The van der Waals surface area contributed by atoms with Gasteiger partial charge in [-0.1, -0.05) is 19.8 Å². The molecule has 0 aromatic carbocycles. The quantitative estimate of drug-likeness (QED) is 0.363. The van der Waals surface area contributed by atoms with Crippen molar-refractivity contribution < 1.29 is 23.7 Å². The van der Waals surface area contributed by atoms with Gasteiger partial charge in [0.05, 0.1) is 6.61 Å². The van der Waals surface area contributed by atoms with E-state index in [9.17, 15) is 0 Å². The topological polar surface area (TPSA) is 46.2 Å². The van der Waals surface area contributed by atoms with E-state index in [2.05, 4.69) is 6.92 Å². The Morgan fingerprint density at radius 1 is 0.700 bits per heavy atom. The van der Waals surface area contributed by atoms with Crippen molar-refractivity contribution in [3.8, 4) is 0 Å². The van der Waals surface area contributed by atoms with Gasteiger partial charge < -0.3 is 23.7 Å². The summed E-state index contributed by atoms with van der Waals surface area (Å²) in [5.74, 6) is -1.27. The largest absolute Gasteiger partial charge is 0.346 e. The Bertz CT molecular complexity index is 198. The second kappa shape index (κ2) is 12.5. The summed E-state index contributed by atoms with van der Waals surface area (Å²) in [4.78, 5) is 0. The lowest BCUT2D eigenvalue weighted by Gasteiger charge is -2.37. The molecular formula is C15H32O5. The van der Waals surface area contributed by atoms with E-state index in [4.69, 9.17) is 23.7 Å². The molecule has 0 aliphatic carbocycles. The van der Waals surface area contributed by atoms with Crippen molar-refractivity contribution >= 4 is 0 Å². The fraction of sp³-hybridized carbons (Fsp3) is 1.00. The van der Waals surface area contributed by atoms with Gasteiger partial charge in [-0.3, -0.25) is 0 Å². The zero-order chi connectivity index (χ0) is 15.3. The van der Waals surface area contributed by atoms with Crippen LogP contribution in [0.25, 0.3) is 0 Å². The second-order valence-electron chi connectivity index (χ2n) is 4.27. The molecule has 0 unspecified atom stereocenters. The molecule has 0 amide bonds. The van der Waals surface area contributed by atoms with Crippen LogP contribution in [0.2, 0.25) is 0 Å². The summed E-state index contributed by atoms with van der Waals surface area (Å²) in [5, 5.41) is 0. The SMILES string of the molecule is CCCCCOC(OCC)(OCC)C(OCC)OCC. The van der Waals surface area contributed by atoms with Crippen molar-refractivity contribution in [1.82, 2.24) is 0 Å². The molecule has 0 bridgehead atoms. The summed E-state index contributed by atoms with van der Waals surface area (Å²) in [7, 11) is 0. The van der Waals surface area contributed by atoms with E-state index in [0.717, 1.165) is 19.3 Å². The molecular weight excluding hydrogens is 260 g/mol. The average molecular weight is 292 g/mol. The minimum atomic E-state index is -1.27. The van der Waals surface area contributed by atoms with E-state index in [1.807, 2.05) is 27.7 Å². The molecule has 5 heteroatoms. The van der Waals surface area contributed by atoms with Crippen molar-refractivity contribution in [3.05, 3.63) is 0 Å². The monoisotopic (exact) mass is 292 g/mol. The molecule has 0 fully saturated rings. The average Bonchev–Trinajstić information content (AvgIpc) is 2.44. The maximum atomic E-state index is 5.89. The van der Waals surface area contributed by atoms with Gasteiger partial charge in [0.25, 0.3) is 0 Å². The molecule has 0 radical (unpaired) electrons. The molecule has 0 heterocycles. The van der Waals surface area contributed by atoms with E-state index in [0.29, 0.717) is 33.0 Å². The van der Waals surface area contributed by atoms with Crippen molar-refractivity contribution in [2.45, 2.75) is 66.1 Å². The van der Waals surface area contributed by atoms with Crippen molar-refractivity contribution in [2.24, 2.45) is 0 Å². The van der Waals surface area contributed by atoms with Crippen LogP contribution >= 0.6 is 0 Å². The molecule has 122 valence electrons. The lowest BCUT2D eigenvalue weighted by atomic mass is 10.3. The third-order valence-corrected chi connectivity index (χ3v) is 2.67. The minimum absolute atomic E-state index is 0.463. The first-order valence-corrected chi connectivity index (χ1v) is 7.85. The van der Waals surface area contributed by atoms with Gasteiger partial charge in [-0.05, 0) is 34.1 Å². The minimum Gasteiger partial charge on any atom is -0.346 e. The first-order valence-electron chi connectivity index (χ1n) is 7.85. The van der Waals surface area contributed by atoms with Crippen LogP contribution in [0, 0.1) is 0 Å². The highest BCUT2D eigenvalue weighted by Gasteiger charge is 2.44. The summed E-state index contributed by atoms with van der Waals surface area (Å²) in [5.41, 5.74) is 0. The smallest absolute Gasteiger partial charge is 0.337 e. The van der Waals surface area contributed by atoms with E-state index >= 15 is 0 Å². The van der Waals surface area contributed by atoms with Gasteiger partial charge in [0.15, 0.2) is 0 Å². The number of rotatable bonds is 14. The summed E-state index contributed by atoms with van der Waals surface area (Å²) in [6.07, 6.45) is 2.53. The molecule has 5 nitrogen and oxygen atoms in total. The Balaban J connectivity index is 4.83. The van der Waals surface area contributed by atoms with Gasteiger partial charge in [0.1, 0.15) is 0 Å². The van der Waals surface area contributed by atoms with Crippen LogP contribution < -0.4 is 0 Å². The van der Waals surface area contributed by atoms with Gasteiger partial charge in [0, 0.05) is 26.4 Å². The number of ether oxygens (including phenoxy) is 5. The summed E-state index contributed by atoms with van der Waals surface area (Å²) in [6, 6.07) is 0. The number of hydrogen-bond acceptors (Lipinski definition) is 5. The lowest BCUT2D eigenvalue weighted by Crippen LogP contribution is -2.53. The van der Waals surface area contributed by atoms with Gasteiger partial charge in [-0.15, -0.1) is 0 Å². The fourth-order valence-electron chi connectivity index (χ4n) is 1.85. The Labute approximate surface area is 123 Å². The number of hydrogen-bond donors (Lipinski definition) is 0. The summed E-state index contributed by atoms with van der Waals surface area (Å²) in [6.45, 7) is 12.3. The molecule has 0 aliphatic heterocycles. The highest BCUT2D eigenvalue weighted by molar-refractivity contribution is 4.64. The molecule has 0 aliphatic rings. The first kappa shape index (κ1) is 19.8. The molecule has 0 N–H and O–H groups in total. The Morgan fingerprint density at radius 3 is 1.65 bits per heavy atom. The van der Waals surface area contributed by atoms with Gasteiger partial charge in [0.2, 0.25) is 6.29 Å². The summed E-state index contributed by atoms with van der Waals surface area (Å²) >= 11 is 0. The molecule has 0 rings (SSSR count). The van der Waals surface area contributed by atoms with Crippen LogP contribution in [0.15, 0.2) is 0 Å². The van der Waals surface area contributed by atoms with Crippen molar-refractivity contribution in [1.29, 1.82) is 0 Å². The van der Waals surface area contributed by atoms with Crippen molar-refractivity contribution in [3.63, 3.8) is 0 Å². The summed E-state index contributed by atoms with van der Waals surface area (Å²) < 4.78 is 28.6. The predicted molar refractivity (Wildman–Crippen MR) is 78.5 cm³/mol. The highest BCUT2D eigenvalue weighted by Crippen LogP contribution is 2.25. The van der Waals surface area contributed by atoms with Crippen LogP contribution in [0.3, 0.4) is 0 Å². The third-order valence-electron chi connectivity index (χ3n) is 2.67. The van der Waals surface area contributed by atoms with E-state index in [1.54, 1.807) is 0 Å². The first-order chi connectivity index (χ1) is 9.70. The molecule has 0 saturated carbocycles. The molecule has 0 aromatic rings. The maximum Gasteiger partial charge on any atom is 0.337 e. The number of unbranched alkanes of at least 4 members (excludes halogenated alkanes) is 2. The zero-order valence-electron chi connectivity index (χ0n) is 13.8. The fourth-order valence-corrected chi connectivity index (χ4v) is 1.85. The van der Waals surface area contributed by atoms with Crippen LogP contribution in [-0.4, -0.2) is 45.3 Å². The van der Waals surface area contributed by atoms with Crippen LogP contribution in [-0.2, 0) is 23.7 Å². The highest BCUT2D eigenvalue weighted by atomic mass is 16.9. The van der Waals surface area contributed by atoms with E-state index < -0.39 is 12.3 Å². The predicted octanol–water partition coefficient (Wildman–Crippen LogP) is 3.32. The van der Waals surface area contributed by atoms with E-state index in [1.165, 1.54) is 0 Å². The van der Waals surface area contributed by atoms with Gasteiger partial charge >= 0.3 is 5.97 Å². The Morgan fingerprint density at radius 2 is 1.25 bits per heavy atom. The maximum absolute atomic E-state index is 5.89. The molecule has 0 atom stereocenters. The molecule has 20 heavy (non-hydrogen) atoms. The van der Waals surface area contributed by atoms with Crippen LogP contribution in [0.4, 0.5) is 0 Å². The molecule has 0 saturated heterocycles. The van der Waals surface area contributed by atoms with Crippen LogP contribution in [0.1, 0.15) is 53.9 Å². The van der Waals surface area contributed by atoms with Gasteiger partial charge in [-0.2, -0.15) is 0 Å². The normalized spacial score (nSPS) is 12.3. The van der Waals surface area contributed by atoms with Crippen molar-refractivity contribution in [2.75, 3.05) is 33.0 Å². The third kappa shape index (κ3) is 6.99. The second-order valence-corrected chi connectivity index (χ2v) is 4.27.